The van der Waals surface area contributed by atoms with Crippen molar-refractivity contribution in [3.63, 3.8) is 0 Å². The van der Waals surface area contributed by atoms with E-state index in [-0.39, 0.29) is 11.9 Å². The Morgan fingerprint density at radius 1 is 1.21 bits per heavy atom. The fourth-order valence-electron chi connectivity index (χ4n) is 3.79. The minimum atomic E-state index is -0.954. The number of carbonyl (C=O) groups is 3. The van der Waals surface area contributed by atoms with E-state index >= 15 is 0 Å². The highest BCUT2D eigenvalue weighted by Crippen LogP contribution is 2.34. The lowest BCUT2D eigenvalue weighted by Gasteiger charge is -2.35. The van der Waals surface area contributed by atoms with Crippen LogP contribution in [-0.4, -0.2) is 36.7 Å². The minimum Gasteiger partial charge on any atom is -0.466 e. The number of ether oxygens (including phenoxy) is 3. The summed E-state index contributed by atoms with van der Waals surface area (Å²) in [6.45, 7) is 7.31. The topological polar surface area (TPSA) is 78.9 Å². The van der Waals surface area contributed by atoms with Crippen molar-refractivity contribution >= 4 is 17.9 Å². The molecule has 2 aliphatic heterocycles. The Balaban J connectivity index is 2.48. The molecule has 0 aromatic rings. The second-order valence-corrected chi connectivity index (χ2v) is 8.19. The maximum absolute atomic E-state index is 12.8. The Labute approximate surface area is 173 Å². The Kier molecular flexibility index (Phi) is 7.82. The van der Waals surface area contributed by atoms with E-state index in [4.69, 9.17) is 14.2 Å². The van der Waals surface area contributed by atoms with Crippen molar-refractivity contribution in [1.29, 1.82) is 0 Å². The molecular formula is C23H32O6. The summed E-state index contributed by atoms with van der Waals surface area (Å²) in [6.07, 6.45) is 8.20. The van der Waals surface area contributed by atoms with Gasteiger partial charge in [0.15, 0.2) is 0 Å². The van der Waals surface area contributed by atoms with Crippen LogP contribution in [0.3, 0.4) is 0 Å². The van der Waals surface area contributed by atoms with Crippen LogP contribution in [0.4, 0.5) is 0 Å². The Morgan fingerprint density at radius 2 is 1.93 bits per heavy atom. The lowest BCUT2D eigenvalue weighted by molar-refractivity contribution is -0.181. The summed E-state index contributed by atoms with van der Waals surface area (Å²) in [6, 6.07) is 0. The van der Waals surface area contributed by atoms with Crippen LogP contribution in [-0.2, 0) is 28.6 Å². The molecule has 0 fully saturated rings. The van der Waals surface area contributed by atoms with Crippen molar-refractivity contribution in [3.8, 4) is 0 Å². The molecule has 0 radical (unpaired) electrons. The quantitative estimate of drug-likeness (QED) is 0.518. The van der Waals surface area contributed by atoms with E-state index in [1.165, 1.54) is 14.0 Å². The second-order valence-electron chi connectivity index (χ2n) is 8.19. The number of esters is 3. The molecule has 29 heavy (non-hydrogen) atoms. The van der Waals surface area contributed by atoms with Gasteiger partial charge in [-0.25, -0.2) is 9.59 Å². The summed E-state index contributed by atoms with van der Waals surface area (Å²) in [5.41, 5.74) is 1.34. The van der Waals surface area contributed by atoms with Gasteiger partial charge in [-0.1, -0.05) is 37.6 Å². The van der Waals surface area contributed by atoms with Gasteiger partial charge in [0.2, 0.25) is 0 Å². The first-order chi connectivity index (χ1) is 13.7. The van der Waals surface area contributed by atoms with Crippen LogP contribution in [0.15, 0.2) is 34.9 Å². The summed E-state index contributed by atoms with van der Waals surface area (Å²) < 4.78 is 16.4. The smallest absolute Gasteiger partial charge is 0.334 e. The third-order valence-electron chi connectivity index (χ3n) is 5.66. The fraction of sp³-hybridized carbons (Fsp3) is 0.609. The molecule has 0 aliphatic carbocycles. The van der Waals surface area contributed by atoms with Gasteiger partial charge in [0.05, 0.1) is 7.11 Å². The van der Waals surface area contributed by atoms with Crippen LogP contribution in [0.2, 0.25) is 0 Å². The molecule has 160 valence electrons. The zero-order valence-electron chi connectivity index (χ0n) is 18.1. The number of fused-ring (bicyclic) bond motifs is 3. The zero-order chi connectivity index (χ0) is 21.6. The molecule has 0 N–H and O–H groups in total. The summed E-state index contributed by atoms with van der Waals surface area (Å²) in [5, 5.41) is 0. The zero-order valence-corrected chi connectivity index (χ0v) is 18.1. The largest absolute Gasteiger partial charge is 0.466 e. The first-order valence-electron chi connectivity index (χ1n) is 10.2. The third kappa shape index (κ3) is 6.05. The Bertz CT molecular complexity index is 742. The summed E-state index contributed by atoms with van der Waals surface area (Å²) in [4.78, 5) is 36.8. The number of methoxy groups -OCH3 is 1. The SMILES string of the molecule is COC(=O)/C1=C\C=C(\C(C)C)CCC2=CCC[C@@](C)(OC2=O)[C@H](OC(C)=O)CC1. The van der Waals surface area contributed by atoms with Crippen LogP contribution in [0.25, 0.3) is 0 Å². The van der Waals surface area contributed by atoms with Crippen LogP contribution >= 0.6 is 0 Å². The number of allylic oxidation sites excluding steroid dienone is 4. The molecule has 0 spiro atoms. The van der Waals surface area contributed by atoms with Crippen LogP contribution < -0.4 is 0 Å². The van der Waals surface area contributed by atoms with Gasteiger partial charge < -0.3 is 14.2 Å². The summed E-state index contributed by atoms with van der Waals surface area (Å²) in [5.74, 6) is -0.936. The lowest BCUT2D eigenvalue weighted by atomic mass is 9.88. The van der Waals surface area contributed by atoms with Crippen molar-refractivity contribution in [2.75, 3.05) is 7.11 Å². The summed E-state index contributed by atoms with van der Waals surface area (Å²) >= 11 is 0. The predicted octanol–water partition coefficient (Wildman–Crippen LogP) is 4.20. The number of carbonyl (C=O) groups excluding carboxylic acids is 3. The normalized spacial score (nSPS) is 29.5. The maximum atomic E-state index is 12.8. The van der Waals surface area contributed by atoms with Crippen molar-refractivity contribution in [2.24, 2.45) is 5.92 Å². The Morgan fingerprint density at radius 3 is 2.55 bits per heavy atom. The van der Waals surface area contributed by atoms with Gasteiger partial charge in [0, 0.05) is 18.1 Å². The Hall–Kier alpha value is -2.37. The van der Waals surface area contributed by atoms with Gasteiger partial charge in [-0.2, -0.15) is 0 Å². The highest BCUT2D eigenvalue weighted by molar-refractivity contribution is 5.89. The fourth-order valence-corrected chi connectivity index (χ4v) is 3.79. The first kappa shape index (κ1) is 22.9. The molecule has 0 saturated carbocycles. The van der Waals surface area contributed by atoms with Crippen molar-refractivity contribution in [1.82, 2.24) is 0 Å². The van der Waals surface area contributed by atoms with E-state index in [9.17, 15) is 14.4 Å². The summed E-state index contributed by atoms with van der Waals surface area (Å²) in [7, 11) is 1.35. The van der Waals surface area contributed by atoms with E-state index in [0.29, 0.717) is 49.7 Å². The lowest BCUT2D eigenvalue weighted by Crippen LogP contribution is -2.45. The minimum absolute atomic E-state index is 0.275. The van der Waals surface area contributed by atoms with E-state index in [0.717, 1.165) is 5.57 Å². The molecular weight excluding hydrogens is 372 g/mol. The molecule has 0 saturated heterocycles. The van der Waals surface area contributed by atoms with Crippen molar-refractivity contribution in [2.45, 2.75) is 77.9 Å². The molecule has 0 unspecified atom stereocenters. The molecule has 2 bridgehead atoms. The molecule has 6 nitrogen and oxygen atoms in total. The third-order valence-corrected chi connectivity index (χ3v) is 5.66. The number of rotatable bonds is 3. The average molecular weight is 405 g/mol. The average Bonchev–Trinajstić information content (AvgIpc) is 2.79. The molecule has 0 aromatic carbocycles. The standard InChI is InChI=1S/C23H32O6/c1-15(2)17-8-10-18-7-6-14-23(4,29-22(18)26)20(28-16(3)24)13-12-19(11-9-17)21(25)27-5/h7,9,11,15,20H,6,8,10,12-14H2,1-5H3/b17-9+,19-11-/t20-,23-/m1/s1. The molecule has 2 aliphatic rings. The molecule has 2 heterocycles. The van der Waals surface area contributed by atoms with E-state index in [2.05, 4.69) is 13.8 Å². The van der Waals surface area contributed by atoms with Crippen LogP contribution in [0, 0.1) is 5.92 Å². The van der Waals surface area contributed by atoms with E-state index < -0.39 is 23.6 Å². The van der Waals surface area contributed by atoms with Gasteiger partial charge >= 0.3 is 17.9 Å². The van der Waals surface area contributed by atoms with Gasteiger partial charge in [0.25, 0.3) is 0 Å². The molecule has 0 amide bonds. The number of hydrogen-bond donors (Lipinski definition) is 0. The highest BCUT2D eigenvalue weighted by atomic mass is 16.6. The van der Waals surface area contributed by atoms with Crippen molar-refractivity contribution < 1.29 is 28.6 Å². The van der Waals surface area contributed by atoms with Gasteiger partial charge in [-0.3, -0.25) is 4.79 Å². The van der Waals surface area contributed by atoms with Gasteiger partial charge in [-0.05, 0) is 51.4 Å². The van der Waals surface area contributed by atoms with Crippen molar-refractivity contribution in [3.05, 3.63) is 34.9 Å². The van der Waals surface area contributed by atoms with Gasteiger partial charge in [-0.15, -0.1) is 0 Å². The molecule has 2 rings (SSSR count). The van der Waals surface area contributed by atoms with E-state index in [1.807, 2.05) is 12.2 Å². The maximum Gasteiger partial charge on any atom is 0.334 e. The second kappa shape index (κ2) is 9.90. The van der Waals surface area contributed by atoms with Gasteiger partial charge in [0.1, 0.15) is 11.7 Å². The molecule has 0 aromatic heterocycles. The molecule has 2 atom stereocenters. The molecule has 6 heteroatoms. The van der Waals surface area contributed by atoms with Crippen LogP contribution in [0.5, 0.6) is 0 Å². The monoisotopic (exact) mass is 404 g/mol. The predicted molar refractivity (Wildman–Crippen MR) is 109 cm³/mol. The number of hydrogen-bond acceptors (Lipinski definition) is 6. The highest BCUT2D eigenvalue weighted by Gasteiger charge is 2.42. The van der Waals surface area contributed by atoms with E-state index in [1.54, 1.807) is 13.0 Å². The van der Waals surface area contributed by atoms with Crippen LogP contribution in [0.1, 0.15) is 66.2 Å². The first-order valence-corrected chi connectivity index (χ1v) is 10.2.